The van der Waals surface area contributed by atoms with E-state index in [2.05, 4.69) is 42.3 Å². The quantitative estimate of drug-likeness (QED) is 0.113. The van der Waals surface area contributed by atoms with E-state index in [9.17, 15) is 5.11 Å². The number of hydrogen-bond donors (Lipinski definition) is 1. The van der Waals surface area contributed by atoms with Crippen molar-refractivity contribution in [1.29, 1.82) is 0 Å². The number of phenolic OH excluding ortho intramolecular Hbond substituents is 1. The SMILES string of the molecule is COc1cc(-c2ccc(OCCCCCC[N+](C)(C)C)cc2)c(O)cc1-c1ccc(OCCCCCC[N+](C)(C)C)cc1. The van der Waals surface area contributed by atoms with Gasteiger partial charge in [-0.25, -0.2) is 0 Å². The van der Waals surface area contributed by atoms with Gasteiger partial charge in [0.05, 0.1) is 75.7 Å². The fourth-order valence-electron chi connectivity index (χ4n) is 5.12. The van der Waals surface area contributed by atoms with Gasteiger partial charge >= 0.3 is 0 Å². The largest absolute Gasteiger partial charge is 0.507 e. The van der Waals surface area contributed by atoms with Crippen LogP contribution >= 0.6 is 0 Å². The summed E-state index contributed by atoms with van der Waals surface area (Å²) in [6.07, 6.45) is 9.48. The highest BCUT2D eigenvalue weighted by Crippen LogP contribution is 2.41. The molecule has 0 aliphatic heterocycles. The number of phenols is 1. The Kier molecular flexibility index (Phi) is 13.2. The maximum Gasteiger partial charge on any atom is 0.127 e. The van der Waals surface area contributed by atoms with Gasteiger partial charge in [-0.15, -0.1) is 0 Å². The fraction of sp³-hybridized carbons (Fsp3) is 0.514. The van der Waals surface area contributed by atoms with Crippen LogP contribution < -0.4 is 14.2 Å². The van der Waals surface area contributed by atoms with Crippen LogP contribution in [0.4, 0.5) is 0 Å². The van der Waals surface area contributed by atoms with E-state index in [1.807, 2.05) is 54.6 Å². The summed E-state index contributed by atoms with van der Waals surface area (Å²) in [5.41, 5.74) is 3.45. The molecule has 3 aromatic carbocycles. The number of nitrogens with zero attached hydrogens (tertiary/aromatic N) is 2. The highest BCUT2D eigenvalue weighted by molar-refractivity contribution is 5.81. The summed E-state index contributed by atoms with van der Waals surface area (Å²) in [6, 6.07) is 19.6. The minimum Gasteiger partial charge on any atom is -0.507 e. The van der Waals surface area contributed by atoms with Gasteiger partial charge in [-0.2, -0.15) is 0 Å². The van der Waals surface area contributed by atoms with Crippen molar-refractivity contribution in [3.63, 3.8) is 0 Å². The highest BCUT2D eigenvalue weighted by atomic mass is 16.5. The predicted octanol–water partition coefficient (Wildman–Crippen LogP) is 8.03. The average molecular weight is 593 g/mol. The van der Waals surface area contributed by atoms with Gasteiger partial charge in [0.15, 0.2) is 0 Å². The number of quaternary nitrogens is 2. The molecule has 1 N–H and O–H groups in total. The van der Waals surface area contributed by atoms with E-state index < -0.39 is 0 Å². The number of rotatable bonds is 19. The molecule has 3 rings (SSSR count). The Balaban J connectivity index is 1.51. The van der Waals surface area contributed by atoms with Crippen molar-refractivity contribution >= 4 is 0 Å². The van der Waals surface area contributed by atoms with Crippen molar-refractivity contribution in [2.24, 2.45) is 0 Å². The molecule has 0 bridgehead atoms. The summed E-state index contributed by atoms with van der Waals surface area (Å²) >= 11 is 0. The van der Waals surface area contributed by atoms with Gasteiger partial charge in [-0.3, -0.25) is 0 Å². The second-order valence-electron chi connectivity index (χ2n) is 13.7. The molecule has 0 radical (unpaired) electrons. The molecule has 43 heavy (non-hydrogen) atoms. The number of methoxy groups -OCH3 is 1. The Morgan fingerprint density at radius 3 is 1.37 bits per heavy atom. The third-order valence-corrected chi connectivity index (χ3v) is 7.63. The van der Waals surface area contributed by atoms with Crippen molar-refractivity contribution < 1.29 is 28.3 Å². The molecule has 0 fully saturated rings. The molecule has 6 nitrogen and oxygen atoms in total. The molecule has 0 spiro atoms. The van der Waals surface area contributed by atoms with Crippen LogP contribution in [-0.2, 0) is 0 Å². The van der Waals surface area contributed by atoms with Gasteiger partial charge in [0.1, 0.15) is 23.0 Å². The van der Waals surface area contributed by atoms with Crippen molar-refractivity contribution in [2.75, 3.05) is 75.7 Å². The van der Waals surface area contributed by atoms with Crippen molar-refractivity contribution in [3.05, 3.63) is 60.7 Å². The zero-order valence-electron chi connectivity index (χ0n) is 27.8. The molecule has 0 saturated heterocycles. The molecule has 0 atom stereocenters. The lowest BCUT2D eigenvalue weighted by Crippen LogP contribution is -2.35. The Morgan fingerprint density at radius 1 is 0.535 bits per heavy atom. The van der Waals surface area contributed by atoms with Crippen molar-refractivity contribution in [3.8, 4) is 45.3 Å². The van der Waals surface area contributed by atoms with Crippen LogP contribution in [0.1, 0.15) is 51.4 Å². The second kappa shape index (κ2) is 16.6. The molecule has 0 aliphatic rings. The minimum atomic E-state index is 0.212. The number of hydrogen-bond acceptors (Lipinski definition) is 4. The Hall–Kier alpha value is -3.22. The predicted molar refractivity (Wildman–Crippen MR) is 179 cm³/mol. The van der Waals surface area contributed by atoms with Gasteiger partial charge in [-0.1, -0.05) is 24.3 Å². The van der Waals surface area contributed by atoms with Crippen LogP contribution in [0.2, 0.25) is 0 Å². The van der Waals surface area contributed by atoms with Gasteiger partial charge in [0, 0.05) is 11.1 Å². The van der Waals surface area contributed by atoms with E-state index in [1.165, 1.54) is 51.6 Å². The van der Waals surface area contributed by atoms with E-state index in [0.717, 1.165) is 68.8 Å². The molecule has 236 valence electrons. The third-order valence-electron chi connectivity index (χ3n) is 7.63. The van der Waals surface area contributed by atoms with E-state index in [-0.39, 0.29) is 5.75 Å². The zero-order valence-corrected chi connectivity index (χ0v) is 27.8. The standard InChI is InChI=1S/C37H55N2O4/c1-38(2,3)24-12-8-10-14-26-42-32-20-16-30(17-21-32)34-29-37(41-7)35(28-36(34)40)31-18-22-33(23-19-31)43-27-15-11-9-13-25-39(4,5)6/h16-23,28-29H,8-15,24-27H2,1-7H3/q+1/p+1. The first-order valence-electron chi connectivity index (χ1n) is 15.9. The lowest BCUT2D eigenvalue weighted by atomic mass is 9.98. The van der Waals surface area contributed by atoms with E-state index >= 15 is 0 Å². The number of aromatic hydroxyl groups is 1. The summed E-state index contributed by atoms with van der Waals surface area (Å²) in [6.45, 7) is 3.86. The second-order valence-corrected chi connectivity index (χ2v) is 13.7. The van der Waals surface area contributed by atoms with Crippen LogP contribution in [0.5, 0.6) is 23.0 Å². The maximum atomic E-state index is 11.0. The molecule has 3 aromatic rings. The summed E-state index contributed by atoms with van der Waals surface area (Å²) in [7, 11) is 15.1. The minimum absolute atomic E-state index is 0.212. The third kappa shape index (κ3) is 12.5. The molecule has 0 amide bonds. The van der Waals surface area contributed by atoms with Crippen LogP contribution in [0.3, 0.4) is 0 Å². The number of unbranched alkanes of at least 4 members (excludes halogenated alkanes) is 6. The van der Waals surface area contributed by atoms with Crippen LogP contribution in [0.15, 0.2) is 60.7 Å². The summed E-state index contributed by atoms with van der Waals surface area (Å²) in [4.78, 5) is 0. The van der Waals surface area contributed by atoms with E-state index in [1.54, 1.807) is 13.2 Å². The molecule has 0 saturated carbocycles. The van der Waals surface area contributed by atoms with Gasteiger partial charge in [-0.05, 0) is 98.9 Å². The lowest BCUT2D eigenvalue weighted by molar-refractivity contribution is -0.870. The Labute approximate surface area is 261 Å². The molecular formula is C37H56N2O4+2. The van der Waals surface area contributed by atoms with Crippen LogP contribution in [-0.4, -0.2) is 89.8 Å². The van der Waals surface area contributed by atoms with Gasteiger partial charge < -0.3 is 28.3 Å². The zero-order chi connectivity index (χ0) is 31.3. The first-order chi connectivity index (χ1) is 20.4. The Bertz CT molecular complexity index is 1230. The van der Waals surface area contributed by atoms with Crippen molar-refractivity contribution in [2.45, 2.75) is 51.4 Å². The number of ether oxygens (including phenoxy) is 3. The molecule has 0 aliphatic carbocycles. The fourth-order valence-corrected chi connectivity index (χ4v) is 5.12. The smallest absolute Gasteiger partial charge is 0.127 e. The first kappa shape index (κ1) is 34.3. The van der Waals surface area contributed by atoms with Crippen LogP contribution in [0.25, 0.3) is 22.3 Å². The summed E-state index contributed by atoms with van der Waals surface area (Å²) in [5.74, 6) is 2.63. The van der Waals surface area contributed by atoms with Crippen molar-refractivity contribution in [1.82, 2.24) is 0 Å². The Morgan fingerprint density at radius 2 is 0.953 bits per heavy atom. The molecule has 0 unspecified atom stereocenters. The normalized spacial score (nSPS) is 11.9. The van der Waals surface area contributed by atoms with Gasteiger partial charge in [0.25, 0.3) is 0 Å². The maximum absolute atomic E-state index is 11.0. The van der Waals surface area contributed by atoms with E-state index in [0.29, 0.717) is 5.75 Å². The lowest BCUT2D eigenvalue weighted by Gasteiger charge is -2.23. The molecular weight excluding hydrogens is 536 g/mol. The average Bonchev–Trinajstić information content (AvgIpc) is 2.95. The summed E-state index contributed by atoms with van der Waals surface area (Å²) in [5, 5.41) is 11.0. The van der Waals surface area contributed by atoms with Crippen LogP contribution in [0, 0.1) is 0 Å². The van der Waals surface area contributed by atoms with Gasteiger partial charge in [0.2, 0.25) is 0 Å². The topological polar surface area (TPSA) is 47.9 Å². The monoisotopic (exact) mass is 592 g/mol. The first-order valence-corrected chi connectivity index (χ1v) is 15.9. The van der Waals surface area contributed by atoms with E-state index in [4.69, 9.17) is 14.2 Å². The summed E-state index contributed by atoms with van der Waals surface area (Å²) < 4.78 is 19.7. The number of benzene rings is 3. The molecule has 0 aromatic heterocycles. The molecule has 0 heterocycles. The highest BCUT2D eigenvalue weighted by Gasteiger charge is 2.14. The molecule has 6 heteroatoms.